The van der Waals surface area contributed by atoms with E-state index in [9.17, 15) is 13.6 Å². The van der Waals surface area contributed by atoms with Crippen molar-refractivity contribution in [3.05, 3.63) is 35.1 Å². The summed E-state index contributed by atoms with van der Waals surface area (Å²) in [6, 6.07) is 4.90. The third kappa shape index (κ3) is 4.14. The van der Waals surface area contributed by atoms with Crippen LogP contribution in [0.3, 0.4) is 0 Å². The van der Waals surface area contributed by atoms with Crippen molar-refractivity contribution in [2.75, 3.05) is 0 Å². The van der Waals surface area contributed by atoms with Gasteiger partial charge in [-0.3, -0.25) is 0 Å². The van der Waals surface area contributed by atoms with Gasteiger partial charge in [-0.2, -0.15) is 0 Å². The largest absolute Gasteiger partial charge is 0.459 e. The molecule has 4 heteroatoms. The third-order valence-corrected chi connectivity index (χ3v) is 5.58. The first-order valence-corrected chi connectivity index (χ1v) is 9.17. The van der Waals surface area contributed by atoms with Gasteiger partial charge < -0.3 is 4.74 Å². The van der Waals surface area contributed by atoms with Crippen LogP contribution >= 0.6 is 0 Å². The van der Waals surface area contributed by atoms with Crippen LogP contribution in [-0.2, 0) is 4.74 Å². The minimum absolute atomic E-state index is 0.00898. The summed E-state index contributed by atoms with van der Waals surface area (Å²) in [6.07, 6.45) is 5.30. The SMILES string of the molecule is CC1CCC(c2ccc(C(=O)OC3CCC(F)CC3)c(F)c2)CC1. The van der Waals surface area contributed by atoms with E-state index in [1.807, 2.05) is 6.07 Å². The number of rotatable bonds is 3. The van der Waals surface area contributed by atoms with Gasteiger partial charge in [0.05, 0.1) is 5.56 Å². The molecule has 2 aliphatic carbocycles. The molecule has 0 bridgehead atoms. The van der Waals surface area contributed by atoms with E-state index >= 15 is 0 Å². The zero-order valence-corrected chi connectivity index (χ0v) is 14.3. The number of carbonyl (C=O) groups is 1. The van der Waals surface area contributed by atoms with Crippen molar-refractivity contribution in [2.24, 2.45) is 5.92 Å². The van der Waals surface area contributed by atoms with Gasteiger partial charge in [0.15, 0.2) is 0 Å². The molecule has 0 N–H and O–H groups in total. The molecule has 2 fully saturated rings. The van der Waals surface area contributed by atoms with E-state index < -0.39 is 18.0 Å². The highest BCUT2D eigenvalue weighted by Crippen LogP contribution is 2.36. The summed E-state index contributed by atoms with van der Waals surface area (Å²) in [5.41, 5.74) is 0.971. The molecule has 0 saturated heterocycles. The number of ether oxygens (including phenoxy) is 1. The minimum Gasteiger partial charge on any atom is -0.459 e. The lowest BCUT2D eigenvalue weighted by atomic mass is 9.79. The van der Waals surface area contributed by atoms with Crippen LogP contribution in [0.1, 0.15) is 80.1 Å². The Labute approximate surface area is 142 Å². The highest BCUT2D eigenvalue weighted by atomic mass is 19.1. The lowest BCUT2D eigenvalue weighted by Crippen LogP contribution is -2.25. The number of alkyl halides is 1. The van der Waals surface area contributed by atoms with E-state index in [-0.39, 0.29) is 11.7 Å². The van der Waals surface area contributed by atoms with E-state index in [1.165, 1.54) is 18.9 Å². The first-order valence-electron chi connectivity index (χ1n) is 9.17. The summed E-state index contributed by atoms with van der Waals surface area (Å²) >= 11 is 0. The van der Waals surface area contributed by atoms with Crippen LogP contribution in [0.25, 0.3) is 0 Å². The molecule has 2 saturated carbocycles. The van der Waals surface area contributed by atoms with Gasteiger partial charge in [-0.05, 0) is 68.1 Å². The summed E-state index contributed by atoms with van der Waals surface area (Å²) in [5, 5.41) is 0. The summed E-state index contributed by atoms with van der Waals surface area (Å²) < 4.78 is 32.9. The number of hydrogen-bond acceptors (Lipinski definition) is 2. The van der Waals surface area contributed by atoms with Crippen molar-refractivity contribution < 1.29 is 18.3 Å². The monoisotopic (exact) mass is 336 g/mol. The topological polar surface area (TPSA) is 26.3 Å². The molecule has 0 aliphatic heterocycles. The van der Waals surface area contributed by atoms with Crippen molar-refractivity contribution in [3.8, 4) is 0 Å². The molecule has 2 aliphatic rings. The Morgan fingerprint density at radius 3 is 2.33 bits per heavy atom. The fourth-order valence-corrected chi connectivity index (χ4v) is 3.90. The number of carbonyl (C=O) groups excluding carboxylic acids is 1. The Morgan fingerprint density at radius 2 is 1.71 bits per heavy atom. The van der Waals surface area contributed by atoms with Gasteiger partial charge in [0.1, 0.15) is 18.1 Å². The zero-order chi connectivity index (χ0) is 17.1. The lowest BCUT2D eigenvalue weighted by molar-refractivity contribution is 0.0136. The fraction of sp³-hybridized carbons (Fsp3) is 0.650. The van der Waals surface area contributed by atoms with Gasteiger partial charge >= 0.3 is 5.97 Å². The Balaban J connectivity index is 1.62. The Hall–Kier alpha value is -1.45. The summed E-state index contributed by atoms with van der Waals surface area (Å²) in [5.74, 6) is 0.00860. The standard InChI is InChI=1S/C20H26F2O2/c1-13-2-4-14(5-3-13)15-6-11-18(19(22)12-15)20(23)24-17-9-7-16(21)8-10-17/h6,11-14,16-17H,2-5,7-10H2,1H3. The predicted octanol–water partition coefficient (Wildman–Crippen LogP) is 5.56. The van der Waals surface area contributed by atoms with Crippen molar-refractivity contribution in [3.63, 3.8) is 0 Å². The van der Waals surface area contributed by atoms with Crippen LogP contribution in [-0.4, -0.2) is 18.2 Å². The molecule has 1 aromatic rings. The van der Waals surface area contributed by atoms with E-state index in [1.54, 1.807) is 6.07 Å². The molecule has 0 aromatic heterocycles. The highest BCUT2D eigenvalue weighted by molar-refractivity contribution is 5.89. The van der Waals surface area contributed by atoms with Gasteiger partial charge in [0.2, 0.25) is 0 Å². The Bertz CT molecular complexity index is 571. The number of halogens is 2. The summed E-state index contributed by atoms with van der Waals surface area (Å²) in [6.45, 7) is 2.26. The van der Waals surface area contributed by atoms with E-state index in [0.29, 0.717) is 31.6 Å². The summed E-state index contributed by atoms with van der Waals surface area (Å²) in [4.78, 5) is 12.2. The van der Waals surface area contributed by atoms with Gasteiger partial charge in [-0.15, -0.1) is 0 Å². The maximum Gasteiger partial charge on any atom is 0.341 e. The molecule has 0 amide bonds. The van der Waals surface area contributed by atoms with Crippen LogP contribution in [0.15, 0.2) is 18.2 Å². The van der Waals surface area contributed by atoms with Crippen LogP contribution in [0.5, 0.6) is 0 Å². The average molecular weight is 336 g/mol. The molecular formula is C20H26F2O2. The highest BCUT2D eigenvalue weighted by Gasteiger charge is 2.26. The average Bonchev–Trinajstić information content (AvgIpc) is 2.57. The van der Waals surface area contributed by atoms with Crippen LogP contribution in [0.4, 0.5) is 8.78 Å². The maximum atomic E-state index is 14.4. The second-order valence-electron chi connectivity index (χ2n) is 7.48. The van der Waals surface area contributed by atoms with Crippen molar-refractivity contribution in [1.82, 2.24) is 0 Å². The first-order chi connectivity index (χ1) is 11.5. The first kappa shape index (κ1) is 17.4. The molecule has 3 rings (SSSR count). The molecule has 0 heterocycles. The number of hydrogen-bond donors (Lipinski definition) is 0. The van der Waals surface area contributed by atoms with Crippen molar-refractivity contribution in [1.29, 1.82) is 0 Å². The molecule has 0 radical (unpaired) electrons. The molecule has 1 aromatic carbocycles. The van der Waals surface area contributed by atoms with Crippen LogP contribution < -0.4 is 0 Å². The number of esters is 1. The molecule has 132 valence electrons. The molecule has 0 unspecified atom stereocenters. The number of benzene rings is 1. The Morgan fingerprint density at radius 1 is 1.04 bits per heavy atom. The lowest BCUT2D eigenvalue weighted by Gasteiger charge is -2.27. The van der Waals surface area contributed by atoms with Gasteiger partial charge in [0, 0.05) is 0 Å². The molecule has 0 atom stereocenters. The molecule has 0 spiro atoms. The molecule has 24 heavy (non-hydrogen) atoms. The van der Waals surface area contributed by atoms with Crippen LogP contribution in [0, 0.1) is 11.7 Å². The molecule has 2 nitrogen and oxygen atoms in total. The van der Waals surface area contributed by atoms with Crippen LogP contribution in [0.2, 0.25) is 0 Å². The third-order valence-electron chi connectivity index (χ3n) is 5.58. The van der Waals surface area contributed by atoms with Crippen molar-refractivity contribution in [2.45, 2.75) is 76.5 Å². The predicted molar refractivity (Wildman–Crippen MR) is 89.3 cm³/mol. The zero-order valence-electron chi connectivity index (χ0n) is 14.3. The molecular weight excluding hydrogens is 310 g/mol. The quantitative estimate of drug-likeness (QED) is 0.676. The maximum absolute atomic E-state index is 14.4. The Kier molecular flexibility index (Phi) is 5.52. The smallest absolute Gasteiger partial charge is 0.341 e. The second kappa shape index (κ2) is 7.62. The van der Waals surface area contributed by atoms with Gasteiger partial charge in [-0.25, -0.2) is 13.6 Å². The van der Waals surface area contributed by atoms with Crippen molar-refractivity contribution >= 4 is 5.97 Å². The second-order valence-corrected chi connectivity index (χ2v) is 7.48. The van der Waals surface area contributed by atoms with Gasteiger partial charge in [0.25, 0.3) is 0 Å². The van der Waals surface area contributed by atoms with E-state index in [4.69, 9.17) is 4.74 Å². The van der Waals surface area contributed by atoms with Gasteiger partial charge in [-0.1, -0.05) is 25.8 Å². The minimum atomic E-state index is -0.797. The normalized spacial score (nSPS) is 30.8. The summed E-state index contributed by atoms with van der Waals surface area (Å²) in [7, 11) is 0. The van der Waals surface area contributed by atoms with E-state index in [0.717, 1.165) is 24.3 Å². The fourth-order valence-electron chi connectivity index (χ4n) is 3.90. The van der Waals surface area contributed by atoms with E-state index in [2.05, 4.69) is 6.92 Å².